The number of aromatic nitrogens is 1. The molecular formula is C16H10ClNO2. The summed E-state index contributed by atoms with van der Waals surface area (Å²) in [7, 11) is 0. The molecule has 0 aliphatic carbocycles. The van der Waals surface area contributed by atoms with Crippen LogP contribution in [0.4, 0.5) is 0 Å². The number of carboxylic acid groups (broad SMARTS) is 1. The monoisotopic (exact) mass is 283 g/mol. The fraction of sp³-hybridized carbons (Fsp3) is 0. The molecule has 2 aromatic carbocycles. The summed E-state index contributed by atoms with van der Waals surface area (Å²) in [6, 6.07) is 16.1. The summed E-state index contributed by atoms with van der Waals surface area (Å²) in [5.74, 6) is -0.938. The number of pyridine rings is 1. The standard InChI is InChI=1S/C16H10ClNO2/c17-15-7-3-6-14(18-15)12-8-9-13(16(19)20)11-5-2-1-4-10(11)12/h1-9H,(H,19,20). The molecule has 0 unspecified atom stereocenters. The molecule has 98 valence electrons. The Hall–Kier alpha value is -2.39. The topological polar surface area (TPSA) is 50.2 Å². The van der Waals surface area contributed by atoms with Crippen LogP contribution in [0.5, 0.6) is 0 Å². The smallest absolute Gasteiger partial charge is 0.336 e. The Morgan fingerprint density at radius 1 is 0.950 bits per heavy atom. The first kappa shape index (κ1) is 12.6. The molecule has 0 saturated carbocycles. The number of carbonyl (C=O) groups is 1. The summed E-state index contributed by atoms with van der Waals surface area (Å²) in [6.45, 7) is 0. The molecule has 0 saturated heterocycles. The van der Waals surface area contributed by atoms with Crippen LogP contribution in [0.1, 0.15) is 10.4 Å². The number of hydrogen-bond acceptors (Lipinski definition) is 2. The first-order valence-electron chi connectivity index (χ1n) is 6.05. The molecule has 1 aromatic heterocycles. The van der Waals surface area contributed by atoms with Crippen molar-refractivity contribution >= 4 is 28.3 Å². The van der Waals surface area contributed by atoms with E-state index in [9.17, 15) is 9.90 Å². The van der Waals surface area contributed by atoms with E-state index >= 15 is 0 Å². The van der Waals surface area contributed by atoms with Crippen molar-refractivity contribution in [3.63, 3.8) is 0 Å². The Bertz CT molecular complexity index is 814. The second-order valence-electron chi connectivity index (χ2n) is 4.36. The molecule has 0 fully saturated rings. The minimum Gasteiger partial charge on any atom is -0.478 e. The van der Waals surface area contributed by atoms with E-state index < -0.39 is 5.97 Å². The Morgan fingerprint density at radius 3 is 2.40 bits per heavy atom. The highest BCUT2D eigenvalue weighted by atomic mass is 35.5. The lowest BCUT2D eigenvalue weighted by atomic mass is 9.97. The highest BCUT2D eigenvalue weighted by molar-refractivity contribution is 6.29. The van der Waals surface area contributed by atoms with Gasteiger partial charge in [0.15, 0.2) is 0 Å². The van der Waals surface area contributed by atoms with E-state index in [0.717, 1.165) is 16.6 Å². The van der Waals surface area contributed by atoms with Crippen molar-refractivity contribution in [2.45, 2.75) is 0 Å². The molecule has 0 amide bonds. The van der Waals surface area contributed by atoms with Crippen molar-refractivity contribution in [2.75, 3.05) is 0 Å². The maximum absolute atomic E-state index is 11.3. The lowest BCUT2D eigenvalue weighted by molar-refractivity contribution is 0.0699. The molecular weight excluding hydrogens is 274 g/mol. The Labute approximate surface area is 120 Å². The van der Waals surface area contributed by atoms with Crippen LogP contribution in [0.15, 0.2) is 54.6 Å². The number of nitrogens with zero attached hydrogens (tertiary/aromatic N) is 1. The van der Waals surface area contributed by atoms with E-state index in [4.69, 9.17) is 11.6 Å². The quantitative estimate of drug-likeness (QED) is 0.715. The van der Waals surface area contributed by atoms with Crippen LogP contribution in [0.2, 0.25) is 5.15 Å². The Morgan fingerprint density at radius 2 is 1.70 bits per heavy atom. The average molecular weight is 284 g/mol. The minimum absolute atomic E-state index is 0.284. The van der Waals surface area contributed by atoms with Crippen LogP contribution in [0.25, 0.3) is 22.0 Å². The van der Waals surface area contributed by atoms with Gasteiger partial charge in [-0.3, -0.25) is 0 Å². The zero-order valence-corrected chi connectivity index (χ0v) is 11.1. The molecule has 0 atom stereocenters. The van der Waals surface area contributed by atoms with Crippen molar-refractivity contribution in [1.82, 2.24) is 4.98 Å². The SMILES string of the molecule is O=C(O)c1ccc(-c2cccc(Cl)n2)c2ccccc12. The fourth-order valence-corrected chi connectivity index (χ4v) is 2.43. The van der Waals surface area contributed by atoms with Crippen LogP contribution in [-0.4, -0.2) is 16.1 Å². The predicted molar refractivity (Wildman–Crippen MR) is 79.1 cm³/mol. The van der Waals surface area contributed by atoms with Gasteiger partial charge in [0.05, 0.1) is 11.3 Å². The van der Waals surface area contributed by atoms with Gasteiger partial charge in [-0.05, 0) is 29.0 Å². The second kappa shape index (κ2) is 4.94. The van der Waals surface area contributed by atoms with Gasteiger partial charge in [0, 0.05) is 5.56 Å². The third-order valence-corrected chi connectivity index (χ3v) is 3.36. The Kier molecular flexibility index (Phi) is 3.12. The van der Waals surface area contributed by atoms with E-state index in [0.29, 0.717) is 10.5 Å². The maximum Gasteiger partial charge on any atom is 0.336 e. The summed E-state index contributed by atoms with van der Waals surface area (Å²) in [4.78, 5) is 15.6. The van der Waals surface area contributed by atoms with Gasteiger partial charge in [-0.1, -0.05) is 48.0 Å². The van der Waals surface area contributed by atoms with Gasteiger partial charge in [0.1, 0.15) is 5.15 Å². The molecule has 0 aliphatic rings. The first-order valence-corrected chi connectivity index (χ1v) is 6.42. The van der Waals surface area contributed by atoms with Crippen LogP contribution in [0, 0.1) is 0 Å². The zero-order valence-electron chi connectivity index (χ0n) is 10.4. The van der Waals surface area contributed by atoms with E-state index in [1.807, 2.05) is 30.3 Å². The average Bonchev–Trinajstić information content (AvgIpc) is 2.46. The van der Waals surface area contributed by atoms with E-state index in [-0.39, 0.29) is 5.56 Å². The van der Waals surface area contributed by atoms with Crippen LogP contribution >= 0.6 is 11.6 Å². The maximum atomic E-state index is 11.3. The van der Waals surface area contributed by atoms with Gasteiger partial charge in [0.25, 0.3) is 0 Å². The highest BCUT2D eigenvalue weighted by Crippen LogP contribution is 2.30. The molecule has 0 bridgehead atoms. The van der Waals surface area contributed by atoms with Gasteiger partial charge in [-0.15, -0.1) is 0 Å². The molecule has 0 spiro atoms. The first-order chi connectivity index (χ1) is 9.66. The van der Waals surface area contributed by atoms with Crippen molar-refractivity contribution in [1.29, 1.82) is 0 Å². The summed E-state index contributed by atoms with van der Waals surface area (Å²) in [5, 5.41) is 11.2. The summed E-state index contributed by atoms with van der Waals surface area (Å²) < 4.78 is 0. The van der Waals surface area contributed by atoms with Gasteiger partial charge in [-0.2, -0.15) is 0 Å². The predicted octanol–water partition coefficient (Wildman–Crippen LogP) is 4.25. The van der Waals surface area contributed by atoms with Gasteiger partial charge < -0.3 is 5.11 Å². The molecule has 1 heterocycles. The zero-order chi connectivity index (χ0) is 14.1. The molecule has 3 rings (SSSR count). The second-order valence-corrected chi connectivity index (χ2v) is 4.74. The van der Waals surface area contributed by atoms with Crippen LogP contribution in [0.3, 0.4) is 0 Å². The lowest BCUT2D eigenvalue weighted by Crippen LogP contribution is -1.98. The van der Waals surface area contributed by atoms with Gasteiger partial charge in [-0.25, -0.2) is 9.78 Å². The number of carboxylic acids is 1. The van der Waals surface area contributed by atoms with Crippen LogP contribution in [-0.2, 0) is 0 Å². The molecule has 20 heavy (non-hydrogen) atoms. The van der Waals surface area contributed by atoms with E-state index in [1.165, 1.54) is 0 Å². The number of benzene rings is 2. The van der Waals surface area contributed by atoms with Crippen molar-refractivity contribution in [3.05, 3.63) is 65.3 Å². The molecule has 3 aromatic rings. The number of fused-ring (bicyclic) bond motifs is 1. The molecule has 4 heteroatoms. The molecule has 3 nitrogen and oxygen atoms in total. The largest absolute Gasteiger partial charge is 0.478 e. The number of hydrogen-bond donors (Lipinski definition) is 1. The van der Waals surface area contributed by atoms with Gasteiger partial charge in [0.2, 0.25) is 0 Å². The normalized spacial score (nSPS) is 10.7. The van der Waals surface area contributed by atoms with E-state index in [2.05, 4.69) is 4.98 Å². The lowest BCUT2D eigenvalue weighted by Gasteiger charge is -2.09. The van der Waals surface area contributed by atoms with Gasteiger partial charge >= 0.3 is 5.97 Å². The van der Waals surface area contributed by atoms with Crippen molar-refractivity contribution in [2.24, 2.45) is 0 Å². The summed E-state index contributed by atoms with van der Waals surface area (Å²) >= 11 is 5.92. The number of aromatic carboxylic acids is 1. The third kappa shape index (κ3) is 2.12. The summed E-state index contributed by atoms with van der Waals surface area (Å²) in [6.07, 6.45) is 0. The van der Waals surface area contributed by atoms with Crippen molar-refractivity contribution in [3.8, 4) is 11.3 Å². The highest BCUT2D eigenvalue weighted by Gasteiger charge is 2.12. The number of halogens is 1. The molecule has 0 radical (unpaired) electrons. The minimum atomic E-state index is -0.938. The van der Waals surface area contributed by atoms with Crippen LogP contribution < -0.4 is 0 Å². The van der Waals surface area contributed by atoms with Crippen molar-refractivity contribution < 1.29 is 9.90 Å². The number of rotatable bonds is 2. The Balaban J connectivity index is 2.33. The molecule has 1 N–H and O–H groups in total. The fourth-order valence-electron chi connectivity index (χ4n) is 2.27. The third-order valence-electron chi connectivity index (χ3n) is 3.15. The molecule has 0 aliphatic heterocycles. The van der Waals surface area contributed by atoms with E-state index in [1.54, 1.807) is 24.3 Å². The summed E-state index contributed by atoms with van der Waals surface area (Å²) in [5.41, 5.74) is 1.88.